The van der Waals surface area contributed by atoms with Crippen molar-refractivity contribution >= 4 is 44.9 Å². The molecular weight excluding hydrogens is 354 g/mol. The Balaban J connectivity index is 1.98. The summed E-state index contributed by atoms with van der Waals surface area (Å²) in [6.07, 6.45) is 0. The zero-order chi connectivity index (χ0) is 17.5. The van der Waals surface area contributed by atoms with Crippen molar-refractivity contribution in [1.29, 1.82) is 0 Å². The van der Waals surface area contributed by atoms with Crippen LogP contribution in [0.1, 0.15) is 0 Å². The summed E-state index contributed by atoms with van der Waals surface area (Å²) in [7, 11) is -3.93. The summed E-state index contributed by atoms with van der Waals surface area (Å²) in [6.45, 7) is -0.129. The molecule has 0 radical (unpaired) electrons. The largest absolute Gasteiger partial charge is 0.336 e. The fourth-order valence-corrected chi connectivity index (χ4v) is 3.26. The van der Waals surface area contributed by atoms with Crippen LogP contribution in [-0.4, -0.2) is 26.9 Å². The molecule has 2 N–H and O–H groups in total. The van der Waals surface area contributed by atoms with Gasteiger partial charge in [0.25, 0.3) is 5.91 Å². The molecule has 0 bridgehead atoms. The molecule has 3 rings (SSSR count). The van der Waals surface area contributed by atoms with Crippen molar-refractivity contribution in [3.63, 3.8) is 0 Å². The first-order chi connectivity index (χ1) is 11.3. The van der Waals surface area contributed by atoms with Crippen LogP contribution in [0.4, 0.5) is 16.2 Å². The lowest BCUT2D eigenvalue weighted by Gasteiger charge is -2.18. The first kappa shape index (κ1) is 16.4. The van der Waals surface area contributed by atoms with Gasteiger partial charge in [-0.15, -0.1) is 0 Å². The molecule has 2 aromatic rings. The van der Waals surface area contributed by atoms with E-state index in [0.717, 1.165) is 11.0 Å². The Bertz CT molecular complexity index is 931. The van der Waals surface area contributed by atoms with Crippen LogP contribution in [0.3, 0.4) is 0 Å². The Labute approximate surface area is 143 Å². The van der Waals surface area contributed by atoms with Crippen molar-refractivity contribution in [1.82, 2.24) is 0 Å². The summed E-state index contributed by atoms with van der Waals surface area (Å²) in [4.78, 5) is 26.9. The number of halogens is 1. The predicted octanol–water partition coefficient (Wildman–Crippen LogP) is 1.96. The number of carbonyl (C=O) groups excluding carboxylic acids is 2. The minimum atomic E-state index is -3.93. The molecule has 3 amide bonds. The molecule has 1 saturated heterocycles. The first-order valence-corrected chi connectivity index (χ1v) is 8.73. The van der Waals surface area contributed by atoms with E-state index in [1.54, 1.807) is 30.3 Å². The fourth-order valence-electron chi connectivity index (χ4n) is 2.39. The van der Waals surface area contributed by atoms with Gasteiger partial charge in [-0.25, -0.2) is 23.3 Å². The smallest absolute Gasteiger partial charge is 0.284 e. The molecule has 0 saturated carbocycles. The molecular formula is C15H12ClN3O4S. The Morgan fingerprint density at radius 2 is 1.71 bits per heavy atom. The maximum Gasteiger partial charge on any atom is 0.336 e. The van der Waals surface area contributed by atoms with Crippen molar-refractivity contribution < 1.29 is 18.0 Å². The van der Waals surface area contributed by atoms with Gasteiger partial charge in [0.15, 0.2) is 0 Å². The highest BCUT2D eigenvalue weighted by Crippen LogP contribution is 2.32. The molecule has 1 heterocycles. The molecule has 7 nitrogen and oxygen atoms in total. The summed E-state index contributed by atoms with van der Waals surface area (Å²) >= 11 is 6.06. The van der Waals surface area contributed by atoms with Gasteiger partial charge in [-0.2, -0.15) is 0 Å². The third-order valence-electron chi connectivity index (χ3n) is 3.52. The predicted molar refractivity (Wildman–Crippen MR) is 89.5 cm³/mol. The fraction of sp³-hybridized carbons (Fsp3) is 0.0667. The van der Waals surface area contributed by atoms with E-state index >= 15 is 0 Å². The monoisotopic (exact) mass is 365 g/mol. The molecule has 0 aliphatic carbocycles. The van der Waals surface area contributed by atoms with E-state index in [0.29, 0.717) is 5.69 Å². The van der Waals surface area contributed by atoms with Crippen molar-refractivity contribution in [2.75, 3.05) is 16.3 Å². The van der Waals surface area contributed by atoms with Gasteiger partial charge in [0.1, 0.15) is 6.54 Å². The minimum Gasteiger partial charge on any atom is -0.284 e. The van der Waals surface area contributed by atoms with Crippen LogP contribution >= 0.6 is 11.6 Å². The maximum atomic E-state index is 12.6. The number of primary sulfonamides is 1. The molecule has 0 aromatic heterocycles. The van der Waals surface area contributed by atoms with Gasteiger partial charge in [-0.1, -0.05) is 29.8 Å². The zero-order valence-electron chi connectivity index (χ0n) is 12.2. The summed E-state index contributed by atoms with van der Waals surface area (Å²) in [5.74, 6) is -0.464. The number of amides is 3. The maximum absolute atomic E-state index is 12.6. The van der Waals surface area contributed by atoms with Crippen LogP contribution < -0.4 is 14.9 Å². The van der Waals surface area contributed by atoms with Gasteiger partial charge in [0.05, 0.1) is 15.6 Å². The van der Waals surface area contributed by atoms with E-state index in [-0.39, 0.29) is 22.2 Å². The van der Waals surface area contributed by atoms with E-state index in [1.165, 1.54) is 17.0 Å². The minimum absolute atomic E-state index is 0.0573. The number of nitrogens with zero attached hydrogens (tertiary/aromatic N) is 2. The molecule has 24 heavy (non-hydrogen) atoms. The molecule has 0 spiro atoms. The number of urea groups is 1. The second kappa shape index (κ2) is 5.90. The first-order valence-electron chi connectivity index (χ1n) is 6.81. The van der Waals surface area contributed by atoms with E-state index in [9.17, 15) is 18.0 Å². The highest BCUT2D eigenvalue weighted by atomic mass is 35.5. The highest BCUT2D eigenvalue weighted by molar-refractivity contribution is 7.89. The lowest BCUT2D eigenvalue weighted by Crippen LogP contribution is -2.33. The number of hydrogen-bond acceptors (Lipinski definition) is 4. The number of imide groups is 1. The van der Waals surface area contributed by atoms with Crippen molar-refractivity contribution in [2.24, 2.45) is 5.14 Å². The second-order valence-electron chi connectivity index (χ2n) is 5.09. The van der Waals surface area contributed by atoms with Gasteiger partial charge in [-0.3, -0.25) is 9.69 Å². The SMILES string of the molecule is NS(=O)(=O)c1ccc(N2C(=O)CN(c3ccccc3)C2=O)c(Cl)c1. The molecule has 124 valence electrons. The number of carbonyl (C=O) groups is 2. The Morgan fingerprint density at radius 3 is 2.29 bits per heavy atom. The lowest BCUT2D eigenvalue weighted by atomic mass is 10.3. The topological polar surface area (TPSA) is 101 Å². The van der Waals surface area contributed by atoms with Crippen molar-refractivity contribution in [3.8, 4) is 0 Å². The average Bonchev–Trinajstić information content (AvgIpc) is 2.82. The normalized spacial score (nSPS) is 15.2. The van der Waals surface area contributed by atoms with E-state index in [1.807, 2.05) is 0 Å². The Kier molecular flexibility index (Phi) is 4.04. The van der Waals surface area contributed by atoms with E-state index < -0.39 is 22.0 Å². The molecule has 1 aliphatic heterocycles. The quantitative estimate of drug-likeness (QED) is 0.840. The molecule has 2 aromatic carbocycles. The number of nitrogens with two attached hydrogens (primary N) is 1. The van der Waals surface area contributed by atoms with Gasteiger partial charge >= 0.3 is 6.03 Å². The molecule has 9 heteroatoms. The summed E-state index contributed by atoms with van der Waals surface area (Å²) in [6, 6.07) is 11.8. The summed E-state index contributed by atoms with van der Waals surface area (Å²) in [5.41, 5.74) is 0.688. The van der Waals surface area contributed by atoms with E-state index in [2.05, 4.69) is 0 Å². The third kappa shape index (κ3) is 2.86. The number of benzene rings is 2. The second-order valence-corrected chi connectivity index (χ2v) is 7.06. The lowest BCUT2D eigenvalue weighted by molar-refractivity contribution is -0.115. The third-order valence-corrected chi connectivity index (χ3v) is 4.74. The number of hydrogen-bond donors (Lipinski definition) is 1. The number of anilines is 2. The zero-order valence-corrected chi connectivity index (χ0v) is 13.8. The molecule has 0 atom stereocenters. The number of sulfonamides is 1. The number of para-hydroxylation sites is 1. The van der Waals surface area contributed by atoms with Crippen LogP contribution in [0.2, 0.25) is 5.02 Å². The van der Waals surface area contributed by atoms with Crippen LogP contribution in [0.5, 0.6) is 0 Å². The molecule has 1 fully saturated rings. The van der Waals surface area contributed by atoms with E-state index in [4.69, 9.17) is 16.7 Å². The number of rotatable bonds is 3. The van der Waals surface area contributed by atoms with Crippen molar-refractivity contribution in [3.05, 3.63) is 53.6 Å². The van der Waals surface area contributed by atoms with Gasteiger partial charge in [-0.05, 0) is 30.3 Å². The average molecular weight is 366 g/mol. The van der Waals surface area contributed by atoms with Crippen LogP contribution in [0, 0.1) is 0 Å². The van der Waals surface area contributed by atoms with Gasteiger partial charge in [0.2, 0.25) is 10.0 Å². The standard InChI is InChI=1S/C15H12ClN3O4S/c16-12-8-11(24(17,22)23)6-7-13(12)19-14(20)9-18(15(19)21)10-4-2-1-3-5-10/h1-8H,9H2,(H2,17,22,23). The van der Waals surface area contributed by atoms with Crippen LogP contribution in [0.25, 0.3) is 0 Å². The molecule has 1 aliphatic rings. The Morgan fingerprint density at radius 1 is 1.04 bits per heavy atom. The highest BCUT2D eigenvalue weighted by Gasteiger charge is 2.39. The van der Waals surface area contributed by atoms with Gasteiger partial charge < -0.3 is 0 Å². The van der Waals surface area contributed by atoms with Crippen LogP contribution in [0.15, 0.2) is 53.4 Å². The molecule has 0 unspecified atom stereocenters. The van der Waals surface area contributed by atoms with Crippen molar-refractivity contribution in [2.45, 2.75) is 4.90 Å². The van der Waals surface area contributed by atoms with Crippen LogP contribution in [-0.2, 0) is 14.8 Å². The summed E-state index contributed by atoms with van der Waals surface area (Å²) < 4.78 is 22.7. The van der Waals surface area contributed by atoms with Gasteiger partial charge in [0, 0.05) is 5.69 Å². The summed E-state index contributed by atoms with van der Waals surface area (Å²) in [5, 5.41) is 4.98. The Hall–Kier alpha value is -2.42.